The lowest BCUT2D eigenvalue weighted by Gasteiger charge is -2.58. The highest BCUT2D eigenvalue weighted by Crippen LogP contribution is 2.61. The topological polar surface area (TPSA) is 12.0 Å². The molecule has 0 spiro atoms. The Kier molecular flexibility index (Phi) is 4.45. The van der Waals surface area contributed by atoms with Crippen LogP contribution < -0.4 is 5.32 Å². The van der Waals surface area contributed by atoms with Gasteiger partial charge in [0.05, 0.1) is 0 Å². The molecule has 116 valence electrons. The highest BCUT2D eigenvalue weighted by Gasteiger charge is 2.51. The van der Waals surface area contributed by atoms with Crippen LogP contribution in [0.3, 0.4) is 0 Å². The fourth-order valence-corrected chi connectivity index (χ4v) is 6.40. The van der Waals surface area contributed by atoms with Gasteiger partial charge in [0.2, 0.25) is 0 Å². The minimum absolute atomic E-state index is 0.740. The molecular weight excluding hydrogens is 242 g/mol. The summed E-state index contributed by atoms with van der Waals surface area (Å²) in [6.07, 6.45) is 13.7. The highest BCUT2D eigenvalue weighted by molar-refractivity contribution is 5.03. The Morgan fingerprint density at radius 3 is 2.00 bits per heavy atom. The molecular formula is C19H35N. The molecule has 1 N–H and O–H groups in total. The summed E-state index contributed by atoms with van der Waals surface area (Å²) in [6, 6.07) is 0.774. The molecule has 20 heavy (non-hydrogen) atoms. The molecule has 4 rings (SSSR count). The molecule has 0 aromatic rings. The van der Waals surface area contributed by atoms with Gasteiger partial charge < -0.3 is 5.32 Å². The molecule has 4 aliphatic carbocycles. The van der Waals surface area contributed by atoms with Crippen molar-refractivity contribution < 1.29 is 0 Å². The first kappa shape index (κ1) is 14.9. The molecule has 1 nitrogen and oxygen atoms in total. The van der Waals surface area contributed by atoms with Crippen molar-refractivity contribution in [3.05, 3.63) is 0 Å². The van der Waals surface area contributed by atoms with Gasteiger partial charge in [-0.15, -0.1) is 0 Å². The summed E-state index contributed by atoms with van der Waals surface area (Å²) >= 11 is 0. The molecule has 4 aliphatic rings. The van der Waals surface area contributed by atoms with Crippen molar-refractivity contribution >= 4 is 0 Å². The van der Waals surface area contributed by atoms with Crippen molar-refractivity contribution in [2.75, 3.05) is 6.54 Å². The van der Waals surface area contributed by atoms with Gasteiger partial charge in [-0.05, 0) is 87.0 Å². The Hall–Kier alpha value is -0.0400. The third kappa shape index (κ3) is 2.93. The molecule has 2 atom stereocenters. The van der Waals surface area contributed by atoms with E-state index >= 15 is 0 Å². The van der Waals surface area contributed by atoms with E-state index in [0.29, 0.717) is 0 Å². The summed E-state index contributed by atoms with van der Waals surface area (Å²) in [5.74, 6) is 4.16. The first-order valence-electron chi connectivity index (χ1n) is 9.37. The van der Waals surface area contributed by atoms with Crippen molar-refractivity contribution in [3.8, 4) is 0 Å². The second-order valence-electron chi connectivity index (χ2n) is 8.55. The maximum atomic E-state index is 3.84. The van der Waals surface area contributed by atoms with Crippen molar-refractivity contribution in [2.45, 2.75) is 84.6 Å². The van der Waals surface area contributed by atoms with Crippen molar-refractivity contribution in [1.29, 1.82) is 0 Å². The number of hydrogen-bond acceptors (Lipinski definition) is 1. The maximum Gasteiger partial charge on any atom is 0.00978 e. The van der Waals surface area contributed by atoms with Crippen molar-refractivity contribution in [2.24, 2.45) is 29.1 Å². The van der Waals surface area contributed by atoms with Crippen LogP contribution in [0.1, 0.15) is 78.6 Å². The van der Waals surface area contributed by atoms with E-state index in [1.165, 1.54) is 19.3 Å². The maximum absolute atomic E-state index is 3.84. The van der Waals surface area contributed by atoms with Gasteiger partial charge >= 0.3 is 0 Å². The van der Waals surface area contributed by atoms with Gasteiger partial charge in [0.1, 0.15) is 0 Å². The van der Waals surface area contributed by atoms with E-state index in [1.54, 1.807) is 38.5 Å². The zero-order valence-electron chi connectivity index (χ0n) is 14.0. The van der Waals surface area contributed by atoms with Crippen LogP contribution in [-0.2, 0) is 0 Å². The highest BCUT2D eigenvalue weighted by atomic mass is 14.9. The van der Waals surface area contributed by atoms with E-state index in [1.807, 2.05) is 0 Å². The summed E-state index contributed by atoms with van der Waals surface area (Å²) in [4.78, 5) is 0. The van der Waals surface area contributed by atoms with E-state index in [2.05, 4.69) is 26.1 Å². The van der Waals surface area contributed by atoms with E-state index in [-0.39, 0.29) is 0 Å². The predicted molar refractivity (Wildman–Crippen MR) is 86.8 cm³/mol. The van der Waals surface area contributed by atoms with E-state index in [0.717, 1.165) is 41.7 Å². The van der Waals surface area contributed by atoms with Gasteiger partial charge in [0.25, 0.3) is 0 Å². The molecule has 0 saturated heterocycles. The largest absolute Gasteiger partial charge is 0.314 e. The van der Waals surface area contributed by atoms with Crippen LogP contribution in [0, 0.1) is 29.1 Å². The molecule has 4 fully saturated rings. The smallest absolute Gasteiger partial charge is 0.00978 e. The van der Waals surface area contributed by atoms with Gasteiger partial charge in [0.15, 0.2) is 0 Å². The SMILES string of the molecule is CCCC(C)C(CC12CC3CC(CC(C3)C1)C2)NCC. The monoisotopic (exact) mass is 277 g/mol. The fourth-order valence-electron chi connectivity index (χ4n) is 6.40. The Bertz CT molecular complexity index is 286. The van der Waals surface area contributed by atoms with Crippen LogP contribution >= 0.6 is 0 Å². The van der Waals surface area contributed by atoms with Crippen molar-refractivity contribution in [3.63, 3.8) is 0 Å². The Morgan fingerprint density at radius 1 is 1.00 bits per heavy atom. The second kappa shape index (κ2) is 5.99. The minimum Gasteiger partial charge on any atom is -0.314 e. The Morgan fingerprint density at radius 2 is 1.55 bits per heavy atom. The molecule has 1 heteroatoms. The van der Waals surface area contributed by atoms with Crippen molar-refractivity contribution in [1.82, 2.24) is 5.32 Å². The zero-order chi connectivity index (χ0) is 14.2. The van der Waals surface area contributed by atoms with Gasteiger partial charge in [0, 0.05) is 6.04 Å². The summed E-state index contributed by atoms with van der Waals surface area (Å²) in [6.45, 7) is 8.25. The van der Waals surface area contributed by atoms with Crippen LogP contribution in [0.4, 0.5) is 0 Å². The van der Waals surface area contributed by atoms with Crippen LogP contribution in [0.15, 0.2) is 0 Å². The number of hydrogen-bond donors (Lipinski definition) is 1. The lowest BCUT2D eigenvalue weighted by molar-refractivity contribution is -0.0646. The molecule has 0 aliphatic heterocycles. The van der Waals surface area contributed by atoms with Gasteiger partial charge in [-0.25, -0.2) is 0 Å². The first-order valence-corrected chi connectivity index (χ1v) is 9.37. The lowest BCUT2D eigenvalue weighted by atomic mass is 9.48. The number of rotatable bonds is 7. The van der Waals surface area contributed by atoms with Gasteiger partial charge in [-0.1, -0.05) is 27.2 Å². The fraction of sp³-hybridized carbons (Fsp3) is 1.00. The predicted octanol–water partition coefficient (Wildman–Crippen LogP) is 5.01. The normalized spacial score (nSPS) is 41.9. The number of nitrogens with one attached hydrogen (secondary N) is 1. The summed E-state index contributed by atoms with van der Waals surface area (Å²) < 4.78 is 0. The molecule has 0 heterocycles. The van der Waals surface area contributed by atoms with E-state index in [4.69, 9.17) is 0 Å². The molecule has 4 bridgehead atoms. The van der Waals surface area contributed by atoms with E-state index in [9.17, 15) is 0 Å². The molecule has 4 saturated carbocycles. The average molecular weight is 277 g/mol. The van der Waals surface area contributed by atoms with Crippen LogP contribution in [-0.4, -0.2) is 12.6 Å². The quantitative estimate of drug-likeness (QED) is 0.690. The van der Waals surface area contributed by atoms with Gasteiger partial charge in [-0.2, -0.15) is 0 Å². The third-order valence-electron chi connectivity index (χ3n) is 6.72. The average Bonchev–Trinajstić information content (AvgIpc) is 2.36. The van der Waals surface area contributed by atoms with E-state index < -0.39 is 0 Å². The Balaban J connectivity index is 1.68. The molecule has 0 amide bonds. The summed E-state index contributed by atoms with van der Waals surface area (Å²) in [7, 11) is 0. The molecule has 2 unspecified atom stereocenters. The zero-order valence-corrected chi connectivity index (χ0v) is 14.0. The second-order valence-corrected chi connectivity index (χ2v) is 8.55. The summed E-state index contributed by atoms with van der Waals surface area (Å²) in [5.41, 5.74) is 0.740. The molecule has 0 aromatic heterocycles. The Labute approximate surface area is 126 Å². The summed E-state index contributed by atoms with van der Waals surface area (Å²) in [5, 5.41) is 3.84. The van der Waals surface area contributed by atoms with Gasteiger partial charge in [-0.3, -0.25) is 0 Å². The minimum atomic E-state index is 0.740. The van der Waals surface area contributed by atoms with Crippen LogP contribution in [0.2, 0.25) is 0 Å². The third-order valence-corrected chi connectivity index (χ3v) is 6.72. The van der Waals surface area contributed by atoms with Crippen LogP contribution in [0.5, 0.6) is 0 Å². The standard InChI is InChI=1S/C19H35N/c1-4-6-14(3)18(20-5-2)13-19-10-15-7-16(11-19)9-17(8-15)12-19/h14-18,20H,4-13H2,1-3H3. The van der Waals surface area contributed by atoms with Crippen LogP contribution in [0.25, 0.3) is 0 Å². The first-order chi connectivity index (χ1) is 9.64. The lowest BCUT2D eigenvalue weighted by Crippen LogP contribution is -2.50. The molecule has 0 aromatic carbocycles. The molecule has 0 radical (unpaired) electrons.